The van der Waals surface area contributed by atoms with Gasteiger partial charge >= 0.3 is 0 Å². The van der Waals surface area contributed by atoms with Crippen molar-refractivity contribution in [2.45, 2.75) is 46.2 Å². The first-order valence-electron chi connectivity index (χ1n) is 10.8. The number of nitrogens with zero attached hydrogens (tertiary/aromatic N) is 3. The molecule has 0 radical (unpaired) electrons. The molecule has 29 heavy (non-hydrogen) atoms. The summed E-state index contributed by atoms with van der Waals surface area (Å²) in [5.74, 6) is 0.332. The molecule has 0 aliphatic carbocycles. The van der Waals surface area contributed by atoms with Crippen LogP contribution in [-0.2, 0) is 11.3 Å². The second-order valence-corrected chi connectivity index (χ2v) is 8.86. The molecule has 158 valence electrons. The molecule has 1 amide bonds. The number of aromatic nitrogens is 1. The number of thiazole rings is 1. The van der Waals surface area contributed by atoms with Crippen molar-refractivity contribution in [2.75, 3.05) is 32.7 Å². The minimum atomic E-state index is 0.122. The van der Waals surface area contributed by atoms with E-state index in [2.05, 4.69) is 63.6 Å². The van der Waals surface area contributed by atoms with Crippen LogP contribution in [-0.4, -0.2) is 53.4 Å². The third kappa shape index (κ3) is 6.11. The first-order valence-corrected chi connectivity index (χ1v) is 11.7. The van der Waals surface area contributed by atoms with Gasteiger partial charge in [0.05, 0.1) is 16.7 Å². The number of hydrogen-bond acceptors (Lipinski definition) is 5. The predicted molar refractivity (Wildman–Crippen MR) is 120 cm³/mol. The van der Waals surface area contributed by atoms with Gasteiger partial charge in [-0.15, -0.1) is 11.3 Å². The smallest absolute Gasteiger partial charge is 0.223 e. The number of amides is 1. The molecule has 1 aliphatic rings. The molecule has 1 aromatic carbocycles. The van der Waals surface area contributed by atoms with Crippen molar-refractivity contribution in [2.24, 2.45) is 5.92 Å². The molecule has 0 spiro atoms. The van der Waals surface area contributed by atoms with Gasteiger partial charge in [-0.05, 0) is 51.5 Å². The largest absolute Gasteiger partial charge is 0.354 e. The average molecular weight is 415 g/mol. The average Bonchev–Trinajstić information content (AvgIpc) is 3.16. The van der Waals surface area contributed by atoms with Gasteiger partial charge in [0.1, 0.15) is 0 Å². The Balaban J connectivity index is 1.50. The van der Waals surface area contributed by atoms with E-state index in [1.165, 1.54) is 5.56 Å². The molecule has 1 unspecified atom stereocenters. The van der Waals surface area contributed by atoms with Crippen molar-refractivity contribution in [1.82, 2.24) is 20.1 Å². The fourth-order valence-electron chi connectivity index (χ4n) is 4.20. The number of piperidine rings is 1. The summed E-state index contributed by atoms with van der Waals surface area (Å²) in [6, 6.07) is 10.7. The molecule has 1 saturated heterocycles. The van der Waals surface area contributed by atoms with Crippen LogP contribution in [0.2, 0.25) is 0 Å². The van der Waals surface area contributed by atoms with Crippen molar-refractivity contribution < 1.29 is 4.79 Å². The van der Waals surface area contributed by atoms with Gasteiger partial charge in [-0.25, -0.2) is 4.98 Å². The van der Waals surface area contributed by atoms with Crippen molar-refractivity contribution in [3.8, 4) is 0 Å². The van der Waals surface area contributed by atoms with Crippen molar-refractivity contribution >= 4 is 17.2 Å². The molecule has 3 rings (SSSR count). The van der Waals surface area contributed by atoms with E-state index >= 15 is 0 Å². The van der Waals surface area contributed by atoms with E-state index in [9.17, 15) is 4.79 Å². The van der Waals surface area contributed by atoms with Crippen LogP contribution < -0.4 is 5.32 Å². The highest BCUT2D eigenvalue weighted by atomic mass is 32.1. The zero-order valence-corrected chi connectivity index (χ0v) is 18.8. The summed E-state index contributed by atoms with van der Waals surface area (Å²) >= 11 is 1.71. The van der Waals surface area contributed by atoms with Gasteiger partial charge in [0.25, 0.3) is 0 Å². The van der Waals surface area contributed by atoms with Crippen LogP contribution >= 0.6 is 11.3 Å². The summed E-state index contributed by atoms with van der Waals surface area (Å²) in [6.45, 7) is 11.9. The lowest BCUT2D eigenvalue weighted by atomic mass is 9.95. The minimum Gasteiger partial charge on any atom is -0.354 e. The number of nitrogens with one attached hydrogen (secondary N) is 1. The molecule has 5 nitrogen and oxygen atoms in total. The molecule has 1 atom stereocenters. The lowest BCUT2D eigenvalue weighted by molar-refractivity contribution is -0.126. The van der Waals surface area contributed by atoms with Crippen molar-refractivity contribution in [3.63, 3.8) is 0 Å². The molecule has 1 fully saturated rings. The van der Waals surface area contributed by atoms with Gasteiger partial charge in [0, 0.05) is 24.4 Å². The standard InChI is InChI=1S/C23H34N4OS/c1-4-27(5-2)22(19-9-7-6-8-10-19)15-24-23(28)20-11-13-26(14-12-20)16-21-17-29-18(3)25-21/h6-10,17,20,22H,4-5,11-16H2,1-3H3,(H,24,28). The Morgan fingerprint density at radius 2 is 1.93 bits per heavy atom. The maximum Gasteiger partial charge on any atom is 0.223 e. The molecule has 0 saturated carbocycles. The Kier molecular flexibility index (Phi) is 8.21. The summed E-state index contributed by atoms with van der Waals surface area (Å²) in [5, 5.41) is 6.52. The number of likely N-dealkylation sites (N-methyl/N-ethyl adjacent to an activating group) is 1. The second-order valence-electron chi connectivity index (χ2n) is 7.80. The van der Waals surface area contributed by atoms with E-state index in [-0.39, 0.29) is 17.9 Å². The lowest BCUT2D eigenvalue weighted by Gasteiger charge is -2.33. The molecular weight excluding hydrogens is 380 g/mol. The predicted octanol–water partition coefficient (Wildman–Crippen LogP) is 3.86. The third-order valence-corrected chi connectivity index (χ3v) is 6.74. The van der Waals surface area contributed by atoms with Gasteiger partial charge in [0.15, 0.2) is 0 Å². The second kappa shape index (κ2) is 10.9. The molecule has 1 N–H and O–H groups in total. The molecule has 6 heteroatoms. The van der Waals surface area contributed by atoms with Crippen LogP contribution in [0.25, 0.3) is 0 Å². The maximum atomic E-state index is 12.8. The van der Waals surface area contributed by atoms with Crippen LogP contribution in [0.15, 0.2) is 35.7 Å². The number of carbonyl (C=O) groups is 1. The van der Waals surface area contributed by atoms with Crippen LogP contribution in [0.1, 0.15) is 49.0 Å². The number of hydrogen-bond donors (Lipinski definition) is 1. The SMILES string of the molecule is CCN(CC)C(CNC(=O)C1CCN(Cc2csc(C)n2)CC1)c1ccccc1. The Morgan fingerprint density at radius 3 is 2.52 bits per heavy atom. The number of benzene rings is 1. The summed E-state index contributed by atoms with van der Waals surface area (Å²) in [4.78, 5) is 22.2. The summed E-state index contributed by atoms with van der Waals surface area (Å²) in [7, 11) is 0. The number of likely N-dealkylation sites (tertiary alicyclic amines) is 1. The summed E-state index contributed by atoms with van der Waals surface area (Å²) in [6.07, 6.45) is 1.85. The van der Waals surface area contributed by atoms with Gasteiger partial charge < -0.3 is 5.32 Å². The Labute approximate surface area is 179 Å². The molecule has 2 heterocycles. The highest BCUT2D eigenvalue weighted by Gasteiger charge is 2.26. The summed E-state index contributed by atoms with van der Waals surface area (Å²) in [5.41, 5.74) is 2.42. The molecule has 2 aromatic rings. The molecule has 1 aromatic heterocycles. The lowest BCUT2D eigenvalue weighted by Crippen LogP contribution is -2.43. The highest BCUT2D eigenvalue weighted by molar-refractivity contribution is 7.09. The van der Waals surface area contributed by atoms with E-state index in [4.69, 9.17) is 0 Å². The topological polar surface area (TPSA) is 48.5 Å². The monoisotopic (exact) mass is 414 g/mol. The Morgan fingerprint density at radius 1 is 1.24 bits per heavy atom. The first-order chi connectivity index (χ1) is 14.1. The third-order valence-electron chi connectivity index (χ3n) is 5.92. The fraction of sp³-hybridized carbons (Fsp3) is 0.565. The van der Waals surface area contributed by atoms with Gasteiger partial charge in [-0.3, -0.25) is 14.6 Å². The van der Waals surface area contributed by atoms with E-state index in [1.54, 1.807) is 11.3 Å². The number of aryl methyl sites for hydroxylation is 1. The van der Waals surface area contributed by atoms with Crippen LogP contribution in [0.5, 0.6) is 0 Å². The first kappa shape index (κ1) is 21.9. The molecular formula is C23H34N4OS. The van der Waals surface area contributed by atoms with E-state index in [1.807, 2.05) is 13.0 Å². The summed E-state index contributed by atoms with van der Waals surface area (Å²) < 4.78 is 0. The van der Waals surface area contributed by atoms with Gasteiger partial charge in [-0.2, -0.15) is 0 Å². The van der Waals surface area contributed by atoms with Crippen molar-refractivity contribution in [1.29, 1.82) is 0 Å². The van der Waals surface area contributed by atoms with E-state index in [0.717, 1.165) is 56.3 Å². The Bertz CT molecular complexity index is 751. The number of rotatable bonds is 9. The van der Waals surface area contributed by atoms with E-state index < -0.39 is 0 Å². The van der Waals surface area contributed by atoms with Crippen LogP contribution in [0.4, 0.5) is 0 Å². The molecule has 1 aliphatic heterocycles. The van der Waals surface area contributed by atoms with Crippen LogP contribution in [0, 0.1) is 12.8 Å². The van der Waals surface area contributed by atoms with Crippen molar-refractivity contribution in [3.05, 3.63) is 52.0 Å². The fourth-order valence-corrected chi connectivity index (χ4v) is 4.81. The zero-order valence-electron chi connectivity index (χ0n) is 17.9. The maximum absolute atomic E-state index is 12.8. The molecule has 0 bridgehead atoms. The highest BCUT2D eigenvalue weighted by Crippen LogP contribution is 2.22. The number of carbonyl (C=O) groups excluding carboxylic acids is 1. The van der Waals surface area contributed by atoms with Gasteiger partial charge in [-0.1, -0.05) is 44.2 Å². The minimum absolute atomic E-state index is 0.122. The normalized spacial score (nSPS) is 16.8. The van der Waals surface area contributed by atoms with Crippen LogP contribution in [0.3, 0.4) is 0 Å². The quantitative estimate of drug-likeness (QED) is 0.677. The zero-order chi connectivity index (χ0) is 20.6. The van der Waals surface area contributed by atoms with E-state index in [0.29, 0.717) is 6.54 Å². The van der Waals surface area contributed by atoms with Gasteiger partial charge in [0.2, 0.25) is 5.91 Å². The Hall–Kier alpha value is -1.76.